The van der Waals surface area contributed by atoms with Gasteiger partial charge in [-0.2, -0.15) is 0 Å². The van der Waals surface area contributed by atoms with Crippen LogP contribution in [0.25, 0.3) is 0 Å². The Kier molecular flexibility index (Phi) is 11.2. The monoisotopic (exact) mass is 900 g/mol. The first-order chi connectivity index (χ1) is 27.4. The van der Waals surface area contributed by atoms with Crippen LogP contribution < -0.4 is 15.1 Å². The van der Waals surface area contributed by atoms with Crippen LogP contribution in [0.5, 0.6) is 11.5 Å². The summed E-state index contributed by atoms with van der Waals surface area (Å²) in [5, 5.41) is 25.7. The fourth-order valence-corrected chi connectivity index (χ4v) is 15.6. The number of hydrogen-bond donors (Lipinski definition) is 2. The molecule has 3 heterocycles. The Morgan fingerprint density at radius 3 is 2.05 bits per heavy atom. The van der Waals surface area contributed by atoms with Crippen LogP contribution in [-0.2, 0) is 25.3 Å². The summed E-state index contributed by atoms with van der Waals surface area (Å²) in [6, 6.07) is 34.6. The molecule has 0 bridgehead atoms. The number of nitrogens with zero attached hydrogens (tertiary/aromatic N) is 2. The highest BCUT2D eigenvalue weighted by atomic mass is 127. The summed E-state index contributed by atoms with van der Waals surface area (Å²) in [6.45, 7) is 9.23. The van der Waals surface area contributed by atoms with Gasteiger partial charge in [0.1, 0.15) is 0 Å². The molecule has 0 aromatic heterocycles. The van der Waals surface area contributed by atoms with Gasteiger partial charge in [0, 0.05) is 44.1 Å². The zero-order valence-corrected chi connectivity index (χ0v) is 36.3. The van der Waals surface area contributed by atoms with E-state index < -0.39 is 43.9 Å². The smallest absolute Gasteiger partial charge is 0.261 e. The molecule has 3 saturated heterocycles. The number of methoxy groups -OCH3 is 1. The van der Waals surface area contributed by atoms with Crippen LogP contribution in [0, 0.1) is 27.2 Å². The Morgan fingerprint density at radius 1 is 0.877 bits per heavy atom. The van der Waals surface area contributed by atoms with Crippen LogP contribution >= 0.6 is 22.6 Å². The standard InChI is InChI=1S/C46H53IN2O7Si/c1-45(2,3)57(34-16-10-6-11-17-34,35-18-12-7-13-19-35)55-29-32-26-36-41(37-27-39(56-46(32,37)53)31-24-38(47)42(50)40(25-31)54-4)44(52)49(43(36)51)33-20-22-48(23-21-33)28-30-14-8-5-9-15-30/h5-19,24-25,32-33,36-37,39,41,50,53H,20-23,26-29H2,1-4H3/t32-,36+,37+,39+,41+,46-/m1/s1. The Balaban J connectivity index is 1.13. The van der Waals surface area contributed by atoms with E-state index in [1.807, 2.05) is 48.5 Å². The molecule has 11 heteroatoms. The number of phenolic OH excluding ortho intramolecular Hbond substituents is 1. The molecule has 300 valence electrons. The van der Waals surface area contributed by atoms with Crippen molar-refractivity contribution in [3.8, 4) is 11.5 Å². The number of aliphatic hydroxyl groups is 1. The van der Waals surface area contributed by atoms with Crippen LogP contribution in [0.1, 0.15) is 63.7 Å². The maximum Gasteiger partial charge on any atom is 0.261 e. The number of carbonyl (C=O) groups excluding carboxylic acids is 2. The van der Waals surface area contributed by atoms with Crippen molar-refractivity contribution in [2.24, 2.45) is 23.7 Å². The van der Waals surface area contributed by atoms with Crippen molar-refractivity contribution >= 4 is 53.1 Å². The van der Waals surface area contributed by atoms with Gasteiger partial charge >= 0.3 is 0 Å². The second kappa shape index (κ2) is 15.9. The molecule has 2 amide bonds. The molecule has 0 unspecified atom stereocenters. The van der Waals surface area contributed by atoms with E-state index in [1.54, 1.807) is 11.0 Å². The summed E-state index contributed by atoms with van der Waals surface area (Å²) in [7, 11) is -1.53. The van der Waals surface area contributed by atoms with Gasteiger partial charge in [0.05, 0.1) is 28.6 Å². The summed E-state index contributed by atoms with van der Waals surface area (Å²) in [5.74, 6) is -4.27. The van der Waals surface area contributed by atoms with Crippen molar-refractivity contribution in [2.45, 2.75) is 76.0 Å². The average Bonchev–Trinajstić information content (AvgIpc) is 3.69. The van der Waals surface area contributed by atoms with E-state index in [4.69, 9.17) is 13.9 Å². The van der Waals surface area contributed by atoms with Crippen molar-refractivity contribution in [3.05, 3.63) is 118 Å². The first-order valence-corrected chi connectivity index (χ1v) is 23.2. The van der Waals surface area contributed by atoms with E-state index in [2.05, 4.69) is 96.8 Å². The molecule has 0 spiro atoms. The minimum absolute atomic E-state index is 0.0367. The third-order valence-electron chi connectivity index (χ3n) is 13.1. The minimum atomic E-state index is -3.04. The third kappa shape index (κ3) is 7.16. The number of amides is 2. The number of benzene rings is 4. The molecular weight excluding hydrogens is 848 g/mol. The number of rotatable bonds is 10. The summed E-state index contributed by atoms with van der Waals surface area (Å²) in [6.07, 6.45) is 1.43. The quantitative estimate of drug-likeness (QED) is 0.104. The lowest BCUT2D eigenvalue weighted by Gasteiger charge is -2.48. The molecule has 9 nitrogen and oxygen atoms in total. The topological polar surface area (TPSA) is 109 Å². The number of aromatic hydroxyl groups is 1. The summed E-state index contributed by atoms with van der Waals surface area (Å²) >= 11 is 2.07. The summed E-state index contributed by atoms with van der Waals surface area (Å²) < 4.78 is 20.3. The maximum atomic E-state index is 14.7. The van der Waals surface area contributed by atoms with E-state index in [9.17, 15) is 19.8 Å². The molecule has 0 radical (unpaired) electrons. The second-order valence-corrected chi connectivity index (χ2v) is 22.8. The lowest BCUT2D eigenvalue weighted by Crippen LogP contribution is -2.67. The van der Waals surface area contributed by atoms with Gasteiger partial charge in [-0.15, -0.1) is 0 Å². The van der Waals surface area contributed by atoms with E-state index >= 15 is 0 Å². The van der Waals surface area contributed by atoms with Crippen molar-refractivity contribution in [3.63, 3.8) is 0 Å². The first-order valence-electron chi connectivity index (χ1n) is 20.2. The number of ether oxygens (including phenoxy) is 2. The number of phenols is 1. The van der Waals surface area contributed by atoms with Gasteiger partial charge in [-0.25, -0.2) is 0 Å². The summed E-state index contributed by atoms with van der Waals surface area (Å²) in [5.41, 5.74) is 1.98. The molecule has 1 aliphatic carbocycles. The largest absolute Gasteiger partial charge is 0.504 e. The Hall–Kier alpha value is -3.59. The van der Waals surface area contributed by atoms with Gasteiger partial charge in [0.15, 0.2) is 17.3 Å². The summed E-state index contributed by atoms with van der Waals surface area (Å²) in [4.78, 5) is 33.4. The van der Waals surface area contributed by atoms with Crippen LogP contribution in [-0.4, -0.2) is 78.8 Å². The Bertz CT molecular complexity index is 2040. The molecule has 3 aliphatic heterocycles. The molecule has 4 aromatic carbocycles. The van der Waals surface area contributed by atoms with E-state index in [-0.39, 0.29) is 41.7 Å². The van der Waals surface area contributed by atoms with E-state index in [0.717, 1.165) is 35.6 Å². The lowest BCUT2D eigenvalue weighted by atomic mass is 9.64. The Labute approximate surface area is 350 Å². The van der Waals surface area contributed by atoms with Gasteiger partial charge < -0.3 is 24.1 Å². The van der Waals surface area contributed by atoms with Gasteiger partial charge in [0.2, 0.25) is 11.8 Å². The molecule has 4 aliphatic rings. The number of carbonyl (C=O) groups is 2. The van der Waals surface area contributed by atoms with E-state index in [1.165, 1.54) is 12.7 Å². The molecule has 8 rings (SSSR count). The highest BCUT2D eigenvalue weighted by Crippen LogP contribution is 2.59. The molecule has 6 atom stereocenters. The van der Waals surface area contributed by atoms with Crippen molar-refractivity contribution < 1.29 is 33.7 Å². The molecule has 57 heavy (non-hydrogen) atoms. The van der Waals surface area contributed by atoms with Gasteiger partial charge in [-0.3, -0.25) is 19.4 Å². The maximum absolute atomic E-state index is 14.7. The molecule has 2 N–H and O–H groups in total. The van der Waals surface area contributed by atoms with Crippen molar-refractivity contribution in [2.75, 3.05) is 26.8 Å². The first kappa shape index (κ1) is 40.2. The minimum Gasteiger partial charge on any atom is -0.504 e. The highest BCUT2D eigenvalue weighted by Gasteiger charge is 2.68. The number of halogens is 1. The van der Waals surface area contributed by atoms with Crippen molar-refractivity contribution in [1.82, 2.24) is 9.80 Å². The fourth-order valence-electron chi connectivity index (χ4n) is 10.4. The second-order valence-electron chi connectivity index (χ2n) is 17.3. The Morgan fingerprint density at radius 2 is 1.47 bits per heavy atom. The molecule has 4 aromatic rings. The lowest BCUT2D eigenvalue weighted by molar-refractivity contribution is -0.273. The molecule has 1 saturated carbocycles. The van der Waals surface area contributed by atoms with Crippen LogP contribution in [0.3, 0.4) is 0 Å². The fraction of sp³-hybridized carbons (Fsp3) is 0.435. The highest BCUT2D eigenvalue weighted by molar-refractivity contribution is 14.1. The number of imide groups is 1. The average molecular weight is 901 g/mol. The molecule has 4 fully saturated rings. The van der Waals surface area contributed by atoms with E-state index in [0.29, 0.717) is 28.6 Å². The van der Waals surface area contributed by atoms with Gasteiger partial charge in [-0.05, 0) is 86.9 Å². The van der Waals surface area contributed by atoms with Crippen LogP contribution in [0.15, 0.2) is 103 Å². The zero-order chi connectivity index (χ0) is 40.1. The predicted molar refractivity (Wildman–Crippen MR) is 230 cm³/mol. The predicted octanol–water partition coefficient (Wildman–Crippen LogP) is 6.63. The van der Waals surface area contributed by atoms with Gasteiger partial charge in [0.25, 0.3) is 8.32 Å². The van der Waals surface area contributed by atoms with Crippen molar-refractivity contribution in [1.29, 1.82) is 0 Å². The normalized spacial score (nSPS) is 27.1. The number of fused-ring (bicyclic) bond motifs is 3. The third-order valence-corrected chi connectivity index (χ3v) is 19.0. The zero-order valence-electron chi connectivity index (χ0n) is 33.1. The van der Waals surface area contributed by atoms with Crippen LogP contribution in [0.2, 0.25) is 5.04 Å². The SMILES string of the molecule is COc1cc([C@@H]2C[C@H]3[C@H]4C(=O)N(C5CCN(Cc6ccccc6)CC5)C(=O)[C@H]4C[C@H](CO[Si](c4ccccc4)(c4ccccc4)C(C)(C)C)[C@@]3(O)O2)cc(I)c1O. The van der Waals surface area contributed by atoms with Crippen LogP contribution in [0.4, 0.5) is 0 Å². The number of piperidine rings is 1. The van der Waals surface area contributed by atoms with Gasteiger partial charge in [-0.1, -0.05) is 112 Å². The number of likely N-dealkylation sites (tertiary alicyclic amines) is 2. The molecular formula is C46H53IN2O7Si. The number of hydrogen-bond acceptors (Lipinski definition) is 8.